The topological polar surface area (TPSA) is 32.3 Å². The Bertz CT molecular complexity index is 404. The van der Waals surface area contributed by atoms with Crippen molar-refractivity contribution in [1.29, 1.82) is 0 Å². The monoisotopic (exact) mass is 290 g/mol. The lowest BCUT2D eigenvalue weighted by atomic mass is 10.1. The van der Waals surface area contributed by atoms with Gasteiger partial charge in [-0.1, -0.05) is 58.0 Å². The number of carbonyl (C=O) groups excluding carboxylic acids is 1. The molecular formula is C18H30N2O. The molecule has 0 radical (unpaired) electrons. The molecule has 3 nitrogen and oxygen atoms in total. The highest BCUT2D eigenvalue weighted by Crippen LogP contribution is 2.11. The number of rotatable bonds is 8. The third kappa shape index (κ3) is 7.28. The fourth-order valence-corrected chi connectivity index (χ4v) is 2.55. The van der Waals surface area contributed by atoms with E-state index < -0.39 is 0 Å². The van der Waals surface area contributed by atoms with Crippen LogP contribution in [0.5, 0.6) is 0 Å². The van der Waals surface area contributed by atoms with Crippen molar-refractivity contribution in [1.82, 2.24) is 10.2 Å². The van der Waals surface area contributed by atoms with E-state index in [1.54, 1.807) is 0 Å². The van der Waals surface area contributed by atoms with Gasteiger partial charge in [0.15, 0.2) is 0 Å². The first-order chi connectivity index (χ1) is 9.88. The van der Waals surface area contributed by atoms with Crippen LogP contribution < -0.4 is 5.32 Å². The molecule has 21 heavy (non-hydrogen) atoms. The van der Waals surface area contributed by atoms with Crippen molar-refractivity contribution in [3.63, 3.8) is 0 Å². The Kier molecular flexibility index (Phi) is 7.44. The molecule has 1 amide bonds. The summed E-state index contributed by atoms with van der Waals surface area (Å²) in [6, 6.07) is 10.1. The molecule has 1 N–H and O–H groups in total. The number of amides is 1. The molecule has 0 aromatic heterocycles. The molecule has 0 spiro atoms. The Morgan fingerprint density at radius 1 is 1.00 bits per heavy atom. The van der Waals surface area contributed by atoms with E-state index in [4.69, 9.17) is 0 Å². The van der Waals surface area contributed by atoms with E-state index in [1.807, 2.05) is 37.3 Å². The number of hydrogen-bond donors (Lipinski definition) is 1. The fraction of sp³-hybridized carbons (Fsp3) is 0.611. The second kappa shape index (κ2) is 8.83. The number of carbonyl (C=O) groups is 1. The lowest BCUT2D eigenvalue weighted by Crippen LogP contribution is -2.41. The van der Waals surface area contributed by atoms with Crippen LogP contribution >= 0.6 is 0 Å². The van der Waals surface area contributed by atoms with Gasteiger partial charge in [0.1, 0.15) is 0 Å². The maximum atomic E-state index is 12.2. The molecule has 0 aliphatic carbocycles. The van der Waals surface area contributed by atoms with Crippen LogP contribution in [0.25, 0.3) is 0 Å². The number of nitrogens with one attached hydrogen (secondary N) is 1. The summed E-state index contributed by atoms with van der Waals surface area (Å²) in [6.45, 7) is 13.2. The van der Waals surface area contributed by atoms with Gasteiger partial charge in [0.05, 0.1) is 12.6 Å². The zero-order valence-electron chi connectivity index (χ0n) is 14.1. The Balaban J connectivity index is 2.53. The molecule has 1 rings (SSSR count). The van der Waals surface area contributed by atoms with E-state index in [0.29, 0.717) is 18.4 Å². The van der Waals surface area contributed by atoms with E-state index in [9.17, 15) is 4.79 Å². The molecule has 1 atom stereocenters. The van der Waals surface area contributed by atoms with Crippen LogP contribution in [0, 0.1) is 11.8 Å². The zero-order chi connectivity index (χ0) is 15.8. The van der Waals surface area contributed by atoms with Crippen LogP contribution in [0.15, 0.2) is 30.3 Å². The summed E-state index contributed by atoms with van der Waals surface area (Å²) < 4.78 is 0. The average Bonchev–Trinajstić information content (AvgIpc) is 2.37. The third-order valence-electron chi connectivity index (χ3n) is 3.29. The number of benzene rings is 1. The van der Waals surface area contributed by atoms with Gasteiger partial charge in [0.25, 0.3) is 0 Å². The minimum atomic E-state index is 0.0543. The zero-order valence-corrected chi connectivity index (χ0v) is 14.1. The molecule has 0 saturated carbocycles. The first kappa shape index (κ1) is 17.7. The predicted octanol–water partition coefficient (Wildman–Crippen LogP) is 3.48. The van der Waals surface area contributed by atoms with Crippen molar-refractivity contribution in [2.45, 2.75) is 40.7 Å². The van der Waals surface area contributed by atoms with Crippen molar-refractivity contribution in [2.24, 2.45) is 11.8 Å². The highest BCUT2D eigenvalue weighted by molar-refractivity contribution is 5.78. The molecule has 0 bridgehead atoms. The Morgan fingerprint density at radius 2 is 1.52 bits per heavy atom. The van der Waals surface area contributed by atoms with Crippen LogP contribution in [0.4, 0.5) is 0 Å². The second-order valence-electron chi connectivity index (χ2n) is 6.68. The molecule has 0 aliphatic rings. The summed E-state index contributed by atoms with van der Waals surface area (Å²) in [5.74, 6) is 1.25. The highest BCUT2D eigenvalue weighted by atomic mass is 16.2. The minimum Gasteiger partial charge on any atom is -0.348 e. The van der Waals surface area contributed by atoms with Gasteiger partial charge in [-0.3, -0.25) is 9.69 Å². The largest absolute Gasteiger partial charge is 0.348 e. The van der Waals surface area contributed by atoms with E-state index in [1.165, 1.54) is 0 Å². The average molecular weight is 290 g/mol. The molecule has 0 aliphatic heterocycles. The molecule has 0 heterocycles. The van der Waals surface area contributed by atoms with Gasteiger partial charge < -0.3 is 5.32 Å². The summed E-state index contributed by atoms with van der Waals surface area (Å²) in [4.78, 5) is 14.5. The first-order valence-electron chi connectivity index (χ1n) is 7.95. The SMILES string of the molecule is CC(C)CN(CC(=O)NC(C)c1ccccc1)CC(C)C. The van der Waals surface area contributed by atoms with Gasteiger partial charge in [-0.05, 0) is 24.3 Å². The van der Waals surface area contributed by atoms with Crippen LogP contribution in [0.1, 0.15) is 46.2 Å². The summed E-state index contributed by atoms with van der Waals surface area (Å²) in [7, 11) is 0. The van der Waals surface area contributed by atoms with Crippen LogP contribution in [-0.2, 0) is 4.79 Å². The Morgan fingerprint density at radius 3 is 2.00 bits per heavy atom. The molecule has 3 heteroatoms. The lowest BCUT2D eigenvalue weighted by molar-refractivity contribution is -0.123. The molecule has 1 aromatic rings. The van der Waals surface area contributed by atoms with Crippen molar-refractivity contribution >= 4 is 5.91 Å². The van der Waals surface area contributed by atoms with Crippen molar-refractivity contribution in [2.75, 3.05) is 19.6 Å². The molecular weight excluding hydrogens is 260 g/mol. The number of hydrogen-bond acceptors (Lipinski definition) is 2. The van der Waals surface area contributed by atoms with E-state index in [0.717, 1.165) is 18.7 Å². The summed E-state index contributed by atoms with van der Waals surface area (Å²) in [5.41, 5.74) is 1.14. The first-order valence-corrected chi connectivity index (χ1v) is 7.95. The summed E-state index contributed by atoms with van der Waals surface area (Å²) >= 11 is 0. The standard InChI is InChI=1S/C18H30N2O/c1-14(2)11-20(12-15(3)4)13-18(21)19-16(5)17-9-7-6-8-10-17/h6-10,14-16H,11-13H2,1-5H3,(H,19,21). The molecule has 118 valence electrons. The molecule has 0 fully saturated rings. The number of nitrogens with zero attached hydrogens (tertiary/aromatic N) is 1. The molecule has 1 aromatic carbocycles. The van der Waals surface area contributed by atoms with Crippen molar-refractivity contribution in [3.8, 4) is 0 Å². The van der Waals surface area contributed by atoms with Gasteiger partial charge in [-0.15, -0.1) is 0 Å². The molecule has 1 unspecified atom stereocenters. The van der Waals surface area contributed by atoms with Gasteiger partial charge in [0, 0.05) is 13.1 Å². The normalized spacial score (nSPS) is 13.0. The van der Waals surface area contributed by atoms with Gasteiger partial charge >= 0.3 is 0 Å². The van der Waals surface area contributed by atoms with Crippen LogP contribution in [0.2, 0.25) is 0 Å². The highest BCUT2D eigenvalue weighted by Gasteiger charge is 2.15. The summed E-state index contributed by atoms with van der Waals surface area (Å²) in [5, 5.41) is 3.09. The maximum Gasteiger partial charge on any atom is 0.234 e. The summed E-state index contributed by atoms with van der Waals surface area (Å²) in [6.07, 6.45) is 0. The smallest absolute Gasteiger partial charge is 0.234 e. The second-order valence-corrected chi connectivity index (χ2v) is 6.68. The van der Waals surface area contributed by atoms with E-state index in [-0.39, 0.29) is 11.9 Å². The van der Waals surface area contributed by atoms with Crippen LogP contribution in [0.3, 0.4) is 0 Å². The van der Waals surface area contributed by atoms with Crippen molar-refractivity contribution < 1.29 is 4.79 Å². The van der Waals surface area contributed by atoms with Gasteiger partial charge in [-0.25, -0.2) is 0 Å². The third-order valence-corrected chi connectivity index (χ3v) is 3.29. The maximum absolute atomic E-state index is 12.2. The minimum absolute atomic E-state index is 0.0543. The van der Waals surface area contributed by atoms with Crippen molar-refractivity contribution in [3.05, 3.63) is 35.9 Å². The Hall–Kier alpha value is -1.35. The van der Waals surface area contributed by atoms with Crippen LogP contribution in [-0.4, -0.2) is 30.4 Å². The predicted molar refractivity (Wildman–Crippen MR) is 89.1 cm³/mol. The molecule has 0 saturated heterocycles. The van der Waals surface area contributed by atoms with Gasteiger partial charge in [-0.2, -0.15) is 0 Å². The fourth-order valence-electron chi connectivity index (χ4n) is 2.55. The quantitative estimate of drug-likeness (QED) is 0.795. The van der Waals surface area contributed by atoms with E-state index in [2.05, 4.69) is 37.9 Å². The lowest BCUT2D eigenvalue weighted by Gasteiger charge is -2.26. The van der Waals surface area contributed by atoms with E-state index >= 15 is 0 Å². The Labute approximate surface area is 129 Å². The van der Waals surface area contributed by atoms with Gasteiger partial charge in [0.2, 0.25) is 5.91 Å².